The van der Waals surface area contributed by atoms with E-state index >= 15 is 0 Å². The van der Waals surface area contributed by atoms with Crippen molar-refractivity contribution in [2.24, 2.45) is 0 Å². The van der Waals surface area contributed by atoms with Gasteiger partial charge in [0, 0.05) is 6.04 Å². The summed E-state index contributed by atoms with van der Waals surface area (Å²) < 4.78 is 15.6. The third-order valence-corrected chi connectivity index (χ3v) is 3.60. The predicted octanol–water partition coefficient (Wildman–Crippen LogP) is 1.33. The summed E-state index contributed by atoms with van der Waals surface area (Å²) in [4.78, 5) is 11.3. The zero-order chi connectivity index (χ0) is 13.7. The molecule has 2 aliphatic heterocycles. The van der Waals surface area contributed by atoms with E-state index in [1.54, 1.807) is 6.08 Å². The SMILES string of the molecule is COC(=O)C1=CCC=C(COC[C@@H]2NCCC2Cl)O1. The number of halogens is 1. The Morgan fingerprint density at radius 2 is 2.42 bits per heavy atom. The molecule has 5 nitrogen and oxygen atoms in total. The molecule has 2 atom stereocenters. The van der Waals surface area contributed by atoms with Crippen LogP contribution in [0.25, 0.3) is 0 Å². The van der Waals surface area contributed by atoms with Crippen LogP contribution in [0, 0.1) is 0 Å². The molecule has 0 aromatic heterocycles. The topological polar surface area (TPSA) is 56.8 Å². The van der Waals surface area contributed by atoms with Gasteiger partial charge in [-0.05, 0) is 31.5 Å². The molecule has 2 heterocycles. The second kappa shape index (κ2) is 6.93. The number of hydrogen-bond acceptors (Lipinski definition) is 5. The minimum absolute atomic E-state index is 0.117. The van der Waals surface area contributed by atoms with E-state index in [1.807, 2.05) is 6.08 Å². The van der Waals surface area contributed by atoms with E-state index in [-0.39, 0.29) is 17.2 Å². The third kappa shape index (κ3) is 3.96. The predicted molar refractivity (Wildman–Crippen MR) is 70.8 cm³/mol. The van der Waals surface area contributed by atoms with Crippen LogP contribution in [0.5, 0.6) is 0 Å². The monoisotopic (exact) mass is 287 g/mol. The van der Waals surface area contributed by atoms with Gasteiger partial charge in [-0.1, -0.05) is 0 Å². The molecular weight excluding hydrogens is 270 g/mol. The largest absolute Gasteiger partial charge is 0.463 e. The first-order chi connectivity index (χ1) is 9.20. The highest BCUT2D eigenvalue weighted by atomic mass is 35.5. The fraction of sp³-hybridized carbons (Fsp3) is 0.615. The molecule has 0 spiro atoms. The van der Waals surface area contributed by atoms with Crippen LogP contribution in [0.4, 0.5) is 0 Å². The van der Waals surface area contributed by atoms with Gasteiger partial charge < -0.3 is 19.5 Å². The number of nitrogens with one attached hydrogen (secondary N) is 1. The molecule has 106 valence electrons. The van der Waals surface area contributed by atoms with Crippen LogP contribution < -0.4 is 5.32 Å². The Morgan fingerprint density at radius 3 is 3.11 bits per heavy atom. The molecule has 1 N–H and O–H groups in total. The molecule has 2 aliphatic rings. The average molecular weight is 288 g/mol. The lowest BCUT2D eigenvalue weighted by atomic mass is 10.2. The van der Waals surface area contributed by atoms with Crippen molar-refractivity contribution in [1.29, 1.82) is 0 Å². The zero-order valence-corrected chi connectivity index (χ0v) is 11.6. The normalized spacial score (nSPS) is 26.4. The molecular formula is C13H18ClNO4. The van der Waals surface area contributed by atoms with Gasteiger partial charge in [-0.25, -0.2) is 4.79 Å². The number of esters is 1. The standard InChI is InChI=1S/C13H18ClNO4/c1-17-13(16)12-4-2-3-9(19-12)7-18-8-11-10(14)5-6-15-11/h3-4,10-11,15H,2,5-8H2,1H3/t10?,11-/m0/s1. The average Bonchev–Trinajstić information content (AvgIpc) is 2.84. The van der Waals surface area contributed by atoms with Crippen LogP contribution in [0.2, 0.25) is 0 Å². The van der Waals surface area contributed by atoms with Gasteiger partial charge in [0.05, 0.1) is 19.1 Å². The van der Waals surface area contributed by atoms with Gasteiger partial charge >= 0.3 is 5.97 Å². The van der Waals surface area contributed by atoms with Crippen molar-refractivity contribution in [2.45, 2.75) is 24.3 Å². The Kier molecular flexibility index (Phi) is 5.24. The van der Waals surface area contributed by atoms with Gasteiger partial charge in [-0.2, -0.15) is 0 Å². The first kappa shape index (κ1) is 14.4. The molecule has 0 aromatic carbocycles. The molecule has 0 aromatic rings. The summed E-state index contributed by atoms with van der Waals surface area (Å²) in [6.45, 7) is 1.79. The van der Waals surface area contributed by atoms with E-state index in [1.165, 1.54) is 7.11 Å². The Morgan fingerprint density at radius 1 is 1.58 bits per heavy atom. The van der Waals surface area contributed by atoms with Crippen LogP contribution in [0.1, 0.15) is 12.8 Å². The van der Waals surface area contributed by atoms with Gasteiger partial charge in [0.15, 0.2) is 0 Å². The van der Waals surface area contributed by atoms with E-state index in [0.29, 0.717) is 25.4 Å². The number of methoxy groups -OCH3 is 1. The minimum atomic E-state index is -0.469. The summed E-state index contributed by atoms with van der Waals surface area (Å²) in [6, 6.07) is 0.182. The highest BCUT2D eigenvalue weighted by molar-refractivity contribution is 6.21. The molecule has 0 aliphatic carbocycles. The van der Waals surface area contributed by atoms with Crippen molar-refractivity contribution in [3.8, 4) is 0 Å². The van der Waals surface area contributed by atoms with Crippen molar-refractivity contribution in [1.82, 2.24) is 5.32 Å². The Bertz CT molecular complexity index is 394. The quantitative estimate of drug-likeness (QED) is 0.611. The second-order valence-corrected chi connectivity index (χ2v) is 5.01. The number of carbonyl (C=O) groups excluding carboxylic acids is 1. The molecule has 0 amide bonds. The van der Waals surface area contributed by atoms with E-state index in [4.69, 9.17) is 21.1 Å². The maximum absolute atomic E-state index is 11.3. The van der Waals surface area contributed by atoms with Crippen LogP contribution in [0.15, 0.2) is 23.7 Å². The van der Waals surface area contributed by atoms with E-state index in [0.717, 1.165) is 13.0 Å². The van der Waals surface area contributed by atoms with Crippen LogP contribution in [-0.2, 0) is 19.0 Å². The number of hydrogen-bond donors (Lipinski definition) is 1. The smallest absolute Gasteiger partial charge is 0.373 e. The molecule has 19 heavy (non-hydrogen) atoms. The molecule has 2 rings (SSSR count). The molecule has 0 saturated carbocycles. The van der Waals surface area contributed by atoms with Crippen molar-refractivity contribution in [3.63, 3.8) is 0 Å². The van der Waals surface area contributed by atoms with Gasteiger partial charge in [0.1, 0.15) is 12.4 Å². The Hall–Kier alpha value is -1.04. The second-order valence-electron chi connectivity index (χ2n) is 4.45. The molecule has 1 fully saturated rings. The van der Waals surface area contributed by atoms with Gasteiger partial charge in [0.2, 0.25) is 5.76 Å². The molecule has 6 heteroatoms. The fourth-order valence-electron chi connectivity index (χ4n) is 2.02. The highest BCUT2D eigenvalue weighted by Gasteiger charge is 2.25. The summed E-state index contributed by atoms with van der Waals surface area (Å²) in [5.74, 6) is 0.383. The van der Waals surface area contributed by atoms with Crippen molar-refractivity contribution < 1.29 is 19.0 Å². The number of ether oxygens (including phenoxy) is 3. The lowest BCUT2D eigenvalue weighted by Crippen LogP contribution is -2.32. The van der Waals surface area contributed by atoms with Crippen LogP contribution >= 0.6 is 11.6 Å². The van der Waals surface area contributed by atoms with E-state index in [2.05, 4.69) is 10.1 Å². The molecule has 0 bridgehead atoms. The van der Waals surface area contributed by atoms with E-state index in [9.17, 15) is 4.79 Å². The van der Waals surface area contributed by atoms with Crippen molar-refractivity contribution >= 4 is 17.6 Å². The first-order valence-corrected chi connectivity index (χ1v) is 6.75. The van der Waals surface area contributed by atoms with Crippen molar-refractivity contribution in [3.05, 3.63) is 23.7 Å². The first-order valence-electron chi connectivity index (χ1n) is 6.31. The van der Waals surface area contributed by atoms with Gasteiger partial charge in [-0.3, -0.25) is 0 Å². The van der Waals surface area contributed by atoms with E-state index < -0.39 is 5.97 Å². The fourth-order valence-corrected chi connectivity index (χ4v) is 2.29. The lowest BCUT2D eigenvalue weighted by molar-refractivity contribution is -0.139. The summed E-state index contributed by atoms with van der Waals surface area (Å²) in [5.41, 5.74) is 0. The zero-order valence-electron chi connectivity index (χ0n) is 10.9. The highest BCUT2D eigenvalue weighted by Crippen LogP contribution is 2.18. The maximum Gasteiger partial charge on any atom is 0.373 e. The molecule has 1 unspecified atom stereocenters. The summed E-state index contributed by atoms with van der Waals surface area (Å²) in [5, 5.41) is 3.39. The summed E-state index contributed by atoms with van der Waals surface area (Å²) >= 11 is 6.12. The summed E-state index contributed by atoms with van der Waals surface area (Å²) in [7, 11) is 1.33. The van der Waals surface area contributed by atoms with Crippen LogP contribution in [-0.4, -0.2) is 44.3 Å². The third-order valence-electron chi connectivity index (χ3n) is 3.08. The minimum Gasteiger partial charge on any atom is -0.463 e. The Labute approximate surface area is 117 Å². The molecule has 1 saturated heterocycles. The van der Waals surface area contributed by atoms with Crippen LogP contribution in [0.3, 0.4) is 0 Å². The van der Waals surface area contributed by atoms with Crippen molar-refractivity contribution in [2.75, 3.05) is 26.9 Å². The number of rotatable bonds is 5. The maximum atomic E-state index is 11.3. The lowest BCUT2D eigenvalue weighted by Gasteiger charge is -2.18. The summed E-state index contributed by atoms with van der Waals surface area (Å²) in [6.07, 6.45) is 5.17. The number of alkyl halides is 1. The number of allylic oxidation sites excluding steroid dienone is 2. The number of carbonyl (C=O) groups is 1. The molecule has 0 radical (unpaired) electrons. The van der Waals surface area contributed by atoms with Gasteiger partial charge in [0.25, 0.3) is 0 Å². The van der Waals surface area contributed by atoms with Gasteiger partial charge in [-0.15, -0.1) is 11.6 Å². The Balaban J connectivity index is 1.72.